The fourth-order valence-corrected chi connectivity index (χ4v) is 2.64. The van der Waals surface area contributed by atoms with Crippen molar-refractivity contribution in [2.45, 2.75) is 19.3 Å². The Morgan fingerprint density at radius 1 is 1.37 bits per heavy atom. The molecule has 0 saturated heterocycles. The normalized spacial score (nSPS) is 11.8. The van der Waals surface area contributed by atoms with E-state index in [0.717, 1.165) is 18.1 Å². The molecule has 19 heavy (non-hydrogen) atoms. The van der Waals surface area contributed by atoms with Crippen LogP contribution < -0.4 is 10.6 Å². The van der Waals surface area contributed by atoms with Gasteiger partial charge in [0.05, 0.1) is 0 Å². The van der Waals surface area contributed by atoms with Crippen molar-refractivity contribution in [2.75, 3.05) is 11.9 Å². The topological polar surface area (TPSA) is 37.0 Å². The molecule has 100 valence electrons. The third-order valence-electron chi connectivity index (χ3n) is 2.93. The summed E-state index contributed by atoms with van der Waals surface area (Å²) in [5.41, 5.74) is 1.34. The second-order valence-electron chi connectivity index (χ2n) is 4.19. The van der Waals surface area contributed by atoms with E-state index >= 15 is 0 Å². The van der Waals surface area contributed by atoms with Crippen LogP contribution in [0.5, 0.6) is 0 Å². The molecular weight excluding hydrogens is 274 g/mol. The van der Waals surface area contributed by atoms with Crippen LogP contribution in [0.2, 0.25) is 0 Å². The number of nitrogens with one attached hydrogen (secondary N) is 2. The molecule has 1 atom stereocenters. The average Bonchev–Trinajstić information content (AvgIpc) is 2.93. The number of aromatic nitrogens is 1. The van der Waals surface area contributed by atoms with Crippen molar-refractivity contribution in [2.24, 2.45) is 0 Å². The van der Waals surface area contributed by atoms with Crippen molar-refractivity contribution < 1.29 is 0 Å². The zero-order chi connectivity index (χ0) is 13.5. The van der Waals surface area contributed by atoms with Crippen LogP contribution in [0.4, 0.5) is 5.13 Å². The molecule has 5 heteroatoms. The van der Waals surface area contributed by atoms with Crippen LogP contribution in [0.1, 0.15) is 24.8 Å². The second-order valence-corrected chi connectivity index (χ2v) is 5.49. The van der Waals surface area contributed by atoms with E-state index in [1.165, 1.54) is 16.9 Å². The third kappa shape index (κ3) is 4.29. The Morgan fingerprint density at radius 3 is 2.79 bits per heavy atom. The first-order valence-electron chi connectivity index (χ1n) is 6.29. The first kappa shape index (κ1) is 14.0. The van der Waals surface area contributed by atoms with E-state index in [0.29, 0.717) is 11.0 Å². The van der Waals surface area contributed by atoms with Crippen LogP contribution in [-0.4, -0.2) is 16.6 Å². The highest BCUT2D eigenvalue weighted by Gasteiger charge is 2.09. The Bertz CT molecular complexity index is 497. The van der Waals surface area contributed by atoms with E-state index in [1.54, 1.807) is 6.20 Å². The Balaban J connectivity index is 1.85. The minimum Gasteiger partial charge on any atom is -0.362 e. The van der Waals surface area contributed by atoms with Gasteiger partial charge in [0.25, 0.3) is 0 Å². The number of thiazole rings is 1. The minimum atomic E-state index is 0.470. The summed E-state index contributed by atoms with van der Waals surface area (Å²) in [6.45, 7) is 3.02. The summed E-state index contributed by atoms with van der Waals surface area (Å²) in [5, 5.41) is 9.71. The predicted octanol–water partition coefficient (Wildman–Crippen LogP) is 3.62. The maximum atomic E-state index is 5.26. The molecule has 0 aliphatic heterocycles. The number of benzene rings is 1. The Hall–Kier alpha value is -1.46. The van der Waals surface area contributed by atoms with Crippen LogP contribution in [0.15, 0.2) is 41.9 Å². The maximum absolute atomic E-state index is 5.26. The molecule has 2 aromatic rings. The molecule has 1 unspecified atom stereocenters. The summed E-state index contributed by atoms with van der Waals surface area (Å²) in [4.78, 5) is 4.14. The van der Waals surface area contributed by atoms with Crippen LogP contribution >= 0.6 is 23.6 Å². The lowest BCUT2D eigenvalue weighted by Gasteiger charge is -2.17. The van der Waals surface area contributed by atoms with E-state index in [4.69, 9.17) is 12.2 Å². The molecule has 1 heterocycles. The monoisotopic (exact) mass is 291 g/mol. The number of hydrogen-bond donors (Lipinski definition) is 2. The fraction of sp³-hybridized carbons (Fsp3) is 0.286. The highest BCUT2D eigenvalue weighted by molar-refractivity contribution is 7.80. The molecule has 3 nitrogen and oxygen atoms in total. The number of thiocarbonyl (C=S) groups is 1. The van der Waals surface area contributed by atoms with E-state index in [1.807, 2.05) is 11.4 Å². The Morgan fingerprint density at radius 2 is 2.16 bits per heavy atom. The van der Waals surface area contributed by atoms with Gasteiger partial charge in [-0.3, -0.25) is 0 Å². The van der Waals surface area contributed by atoms with Crippen LogP contribution in [0, 0.1) is 0 Å². The van der Waals surface area contributed by atoms with Crippen LogP contribution in [-0.2, 0) is 0 Å². The SMILES string of the molecule is CCC(CNC(=S)Nc1nccs1)c1ccccc1. The van der Waals surface area contributed by atoms with Gasteiger partial charge in [0.15, 0.2) is 10.2 Å². The lowest BCUT2D eigenvalue weighted by molar-refractivity contribution is 0.642. The predicted molar refractivity (Wildman–Crippen MR) is 85.8 cm³/mol. The first-order valence-corrected chi connectivity index (χ1v) is 7.57. The van der Waals surface area contributed by atoms with Gasteiger partial charge in [-0.2, -0.15) is 0 Å². The molecule has 0 aliphatic carbocycles. The zero-order valence-electron chi connectivity index (χ0n) is 10.8. The Labute approximate surface area is 123 Å². The van der Waals surface area contributed by atoms with E-state index in [2.05, 4.69) is 46.8 Å². The summed E-state index contributed by atoms with van der Waals surface area (Å²) >= 11 is 6.80. The number of nitrogens with zero attached hydrogens (tertiary/aromatic N) is 1. The van der Waals surface area contributed by atoms with Gasteiger partial charge < -0.3 is 10.6 Å². The van der Waals surface area contributed by atoms with E-state index in [9.17, 15) is 0 Å². The van der Waals surface area contributed by atoms with Gasteiger partial charge in [0.1, 0.15) is 0 Å². The quantitative estimate of drug-likeness (QED) is 0.825. The zero-order valence-corrected chi connectivity index (χ0v) is 12.4. The molecule has 1 aromatic carbocycles. The van der Waals surface area contributed by atoms with Gasteiger partial charge in [-0.25, -0.2) is 4.98 Å². The summed E-state index contributed by atoms with van der Waals surface area (Å²) < 4.78 is 0. The summed E-state index contributed by atoms with van der Waals surface area (Å²) in [6.07, 6.45) is 2.84. The van der Waals surface area contributed by atoms with Gasteiger partial charge in [-0.15, -0.1) is 11.3 Å². The molecule has 2 rings (SSSR count). The summed E-state index contributed by atoms with van der Waals surface area (Å²) in [6, 6.07) is 10.5. The van der Waals surface area contributed by atoms with Crippen molar-refractivity contribution >= 4 is 33.8 Å². The van der Waals surface area contributed by atoms with Crippen LogP contribution in [0.3, 0.4) is 0 Å². The van der Waals surface area contributed by atoms with Gasteiger partial charge >= 0.3 is 0 Å². The molecule has 1 aromatic heterocycles. The molecule has 0 radical (unpaired) electrons. The van der Waals surface area contributed by atoms with Crippen molar-refractivity contribution in [1.82, 2.24) is 10.3 Å². The number of hydrogen-bond acceptors (Lipinski definition) is 3. The molecule has 0 fully saturated rings. The van der Waals surface area contributed by atoms with Gasteiger partial charge in [-0.1, -0.05) is 37.3 Å². The first-order chi connectivity index (χ1) is 9.29. The van der Waals surface area contributed by atoms with Crippen molar-refractivity contribution in [1.29, 1.82) is 0 Å². The molecule has 0 amide bonds. The average molecular weight is 291 g/mol. The highest BCUT2D eigenvalue weighted by atomic mass is 32.1. The van der Waals surface area contributed by atoms with Gasteiger partial charge in [-0.05, 0) is 24.2 Å². The molecule has 2 N–H and O–H groups in total. The fourth-order valence-electron chi connectivity index (χ4n) is 1.87. The summed E-state index contributed by atoms with van der Waals surface area (Å²) in [7, 11) is 0. The smallest absolute Gasteiger partial charge is 0.188 e. The van der Waals surface area contributed by atoms with E-state index in [-0.39, 0.29) is 0 Å². The van der Waals surface area contributed by atoms with Crippen molar-refractivity contribution in [3.05, 3.63) is 47.5 Å². The van der Waals surface area contributed by atoms with Crippen molar-refractivity contribution in [3.8, 4) is 0 Å². The van der Waals surface area contributed by atoms with E-state index < -0.39 is 0 Å². The van der Waals surface area contributed by atoms with Gasteiger partial charge in [0, 0.05) is 24.0 Å². The molecular formula is C14H17N3S2. The lowest BCUT2D eigenvalue weighted by Crippen LogP contribution is -2.32. The molecule has 0 spiro atoms. The standard InChI is InChI=1S/C14H17N3S2/c1-2-11(12-6-4-3-5-7-12)10-16-13(18)17-14-15-8-9-19-14/h3-9,11H,2,10H2,1H3,(H2,15,16,17,18). The molecule has 0 saturated carbocycles. The number of anilines is 1. The maximum Gasteiger partial charge on any atom is 0.188 e. The highest BCUT2D eigenvalue weighted by Crippen LogP contribution is 2.18. The Kier molecular flexibility index (Phi) is 5.30. The summed E-state index contributed by atoms with van der Waals surface area (Å²) in [5.74, 6) is 0.470. The number of rotatable bonds is 5. The largest absolute Gasteiger partial charge is 0.362 e. The second kappa shape index (κ2) is 7.21. The van der Waals surface area contributed by atoms with Crippen LogP contribution in [0.25, 0.3) is 0 Å². The third-order valence-corrected chi connectivity index (χ3v) is 3.86. The van der Waals surface area contributed by atoms with Gasteiger partial charge in [0.2, 0.25) is 0 Å². The molecule has 0 aliphatic rings. The minimum absolute atomic E-state index is 0.470. The van der Waals surface area contributed by atoms with Crippen molar-refractivity contribution in [3.63, 3.8) is 0 Å². The molecule has 0 bridgehead atoms. The lowest BCUT2D eigenvalue weighted by atomic mass is 9.97.